The minimum absolute atomic E-state index is 0.232. The molecule has 2 aromatic carbocycles. The number of hydrogen-bond donors (Lipinski definition) is 0. The molecule has 3 rings (SSSR count). The molecule has 0 aliphatic carbocycles. The average Bonchev–Trinajstić information content (AvgIpc) is 2.69. The van der Waals surface area contributed by atoms with E-state index in [4.69, 9.17) is 0 Å². The number of hydrogen-bond acceptors (Lipinski definition) is 3. The van der Waals surface area contributed by atoms with Crippen LogP contribution in [-0.4, -0.2) is 49.6 Å². The first-order valence-electron chi connectivity index (χ1n) is 9.37. The lowest BCUT2D eigenvalue weighted by Crippen LogP contribution is -2.49. The van der Waals surface area contributed by atoms with Crippen molar-refractivity contribution in [3.63, 3.8) is 0 Å². The third-order valence-electron chi connectivity index (χ3n) is 5.21. The van der Waals surface area contributed by atoms with Crippen LogP contribution >= 0.6 is 0 Å². The highest BCUT2D eigenvalue weighted by Crippen LogP contribution is 2.22. The molecular formula is C21H28N2O2S. The molecule has 2 aromatic rings. The fourth-order valence-electron chi connectivity index (χ4n) is 3.54. The summed E-state index contributed by atoms with van der Waals surface area (Å²) in [6.07, 6.45) is 1.48. The third kappa shape index (κ3) is 4.93. The Morgan fingerprint density at radius 1 is 0.885 bits per heavy atom. The van der Waals surface area contributed by atoms with Gasteiger partial charge in [-0.25, -0.2) is 8.42 Å². The molecule has 1 aliphatic heterocycles. The Labute approximate surface area is 157 Å². The largest absolute Gasteiger partial charge is 0.294 e. The van der Waals surface area contributed by atoms with Crippen LogP contribution in [0.25, 0.3) is 0 Å². The summed E-state index contributed by atoms with van der Waals surface area (Å²) < 4.78 is 26.9. The van der Waals surface area contributed by atoms with E-state index < -0.39 is 10.0 Å². The first-order chi connectivity index (χ1) is 12.6. The van der Waals surface area contributed by atoms with Gasteiger partial charge in [-0.15, -0.1) is 0 Å². The van der Waals surface area contributed by atoms with Crippen molar-refractivity contribution in [3.8, 4) is 0 Å². The van der Waals surface area contributed by atoms with Crippen LogP contribution in [0.5, 0.6) is 0 Å². The Morgan fingerprint density at radius 3 is 2.08 bits per heavy atom. The number of sulfonamides is 1. The fraction of sp³-hybridized carbons (Fsp3) is 0.429. The van der Waals surface area contributed by atoms with Gasteiger partial charge in [0.15, 0.2) is 0 Å². The van der Waals surface area contributed by atoms with Gasteiger partial charge in [-0.3, -0.25) is 4.90 Å². The molecule has 1 aliphatic rings. The second kappa shape index (κ2) is 8.80. The van der Waals surface area contributed by atoms with Gasteiger partial charge in [-0.2, -0.15) is 4.31 Å². The first-order valence-corrected chi connectivity index (χ1v) is 11.0. The van der Waals surface area contributed by atoms with Crippen molar-refractivity contribution >= 4 is 10.0 Å². The zero-order chi connectivity index (χ0) is 18.4. The molecule has 4 nitrogen and oxygen atoms in total. The van der Waals surface area contributed by atoms with E-state index in [0.29, 0.717) is 25.6 Å². The number of piperazine rings is 1. The van der Waals surface area contributed by atoms with Gasteiger partial charge in [0.1, 0.15) is 0 Å². The standard InChI is InChI=1S/C21H28N2O2S/c1-19(21-12-6-3-7-13-21)22-14-16-23(17-15-22)26(24,25)18-8-11-20-9-4-2-5-10-20/h2-7,9-10,12-13,19H,8,11,14-18H2,1H3. The van der Waals surface area contributed by atoms with Crippen LogP contribution in [-0.2, 0) is 16.4 Å². The summed E-state index contributed by atoms with van der Waals surface area (Å²) in [5.41, 5.74) is 2.48. The zero-order valence-electron chi connectivity index (χ0n) is 15.4. The molecule has 0 spiro atoms. The average molecular weight is 373 g/mol. The normalized spacial score (nSPS) is 17.9. The van der Waals surface area contributed by atoms with E-state index in [2.05, 4.69) is 48.2 Å². The summed E-state index contributed by atoms with van der Waals surface area (Å²) in [6, 6.07) is 20.8. The number of nitrogens with zero attached hydrogens (tertiary/aromatic N) is 2. The predicted molar refractivity (Wildman–Crippen MR) is 107 cm³/mol. The van der Waals surface area contributed by atoms with Crippen LogP contribution in [0.15, 0.2) is 60.7 Å². The van der Waals surface area contributed by atoms with Crippen LogP contribution in [0.1, 0.15) is 30.5 Å². The minimum Gasteiger partial charge on any atom is -0.294 e. The van der Waals surface area contributed by atoms with Crippen LogP contribution in [0, 0.1) is 0 Å². The van der Waals surface area contributed by atoms with Crippen molar-refractivity contribution in [1.82, 2.24) is 9.21 Å². The monoisotopic (exact) mass is 372 g/mol. The smallest absolute Gasteiger partial charge is 0.214 e. The maximum atomic E-state index is 12.6. The zero-order valence-corrected chi connectivity index (χ0v) is 16.2. The topological polar surface area (TPSA) is 40.6 Å². The summed E-state index contributed by atoms with van der Waals surface area (Å²) in [6.45, 7) is 4.94. The van der Waals surface area contributed by atoms with Gasteiger partial charge in [0.25, 0.3) is 0 Å². The lowest BCUT2D eigenvalue weighted by Gasteiger charge is -2.37. The van der Waals surface area contributed by atoms with E-state index in [1.165, 1.54) is 11.1 Å². The summed E-state index contributed by atoms with van der Waals surface area (Å²) in [5.74, 6) is 0.232. The number of aryl methyl sites for hydroxylation is 1. The molecule has 140 valence electrons. The van der Waals surface area contributed by atoms with Crippen LogP contribution in [0.3, 0.4) is 0 Å². The Kier molecular flexibility index (Phi) is 6.46. The van der Waals surface area contributed by atoms with E-state index in [0.717, 1.165) is 19.5 Å². The molecule has 5 heteroatoms. The van der Waals surface area contributed by atoms with Gasteiger partial charge >= 0.3 is 0 Å². The maximum absolute atomic E-state index is 12.6. The molecule has 1 saturated heterocycles. The predicted octanol–water partition coefficient (Wildman–Crippen LogP) is 3.33. The maximum Gasteiger partial charge on any atom is 0.214 e. The van der Waals surface area contributed by atoms with E-state index >= 15 is 0 Å². The van der Waals surface area contributed by atoms with Crippen molar-refractivity contribution in [2.75, 3.05) is 31.9 Å². The van der Waals surface area contributed by atoms with Gasteiger partial charge in [0.05, 0.1) is 5.75 Å². The lowest BCUT2D eigenvalue weighted by molar-refractivity contribution is 0.146. The Balaban J connectivity index is 1.48. The minimum atomic E-state index is -3.16. The van der Waals surface area contributed by atoms with E-state index in [-0.39, 0.29) is 5.75 Å². The highest BCUT2D eigenvalue weighted by molar-refractivity contribution is 7.89. The lowest BCUT2D eigenvalue weighted by atomic mass is 10.1. The van der Waals surface area contributed by atoms with Gasteiger partial charge in [0, 0.05) is 32.2 Å². The van der Waals surface area contributed by atoms with Crippen molar-refractivity contribution in [2.24, 2.45) is 0 Å². The van der Waals surface area contributed by atoms with Gasteiger partial charge in [-0.05, 0) is 30.9 Å². The van der Waals surface area contributed by atoms with Crippen LogP contribution < -0.4 is 0 Å². The van der Waals surface area contributed by atoms with E-state index in [1.807, 2.05) is 24.3 Å². The SMILES string of the molecule is CC(c1ccccc1)N1CCN(S(=O)(=O)CCCc2ccccc2)CC1. The molecule has 26 heavy (non-hydrogen) atoms. The molecule has 0 bridgehead atoms. The van der Waals surface area contributed by atoms with Crippen molar-refractivity contribution in [2.45, 2.75) is 25.8 Å². The molecule has 1 atom stereocenters. The van der Waals surface area contributed by atoms with Gasteiger partial charge in [-0.1, -0.05) is 60.7 Å². The summed E-state index contributed by atoms with van der Waals surface area (Å²) in [7, 11) is -3.16. The van der Waals surface area contributed by atoms with Crippen molar-refractivity contribution in [3.05, 3.63) is 71.8 Å². The summed E-state index contributed by atoms with van der Waals surface area (Å²) in [5, 5.41) is 0. The molecular weight excluding hydrogens is 344 g/mol. The fourth-order valence-corrected chi connectivity index (χ4v) is 5.03. The summed E-state index contributed by atoms with van der Waals surface area (Å²) in [4.78, 5) is 2.37. The molecule has 1 unspecified atom stereocenters. The van der Waals surface area contributed by atoms with Crippen LogP contribution in [0.2, 0.25) is 0 Å². The van der Waals surface area contributed by atoms with Crippen molar-refractivity contribution < 1.29 is 8.42 Å². The molecule has 0 saturated carbocycles. The third-order valence-corrected chi connectivity index (χ3v) is 7.16. The van der Waals surface area contributed by atoms with Crippen LogP contribution in [0.4, 0.5) is 0 Å². The molecule has 1 fully saturated rings. The molecule has 0 aromatic heterocycles. The molecule has 0 radical (unpaired) electrons. The Morgan fingerprint density at radius 2 is 1.46 bits per heavy atom. The second-order valence-electron chi connectivity index (χ2n) is 6.93. The highest BCUT2D eigenvalue weighted by atomic mass is 32.2. The van der Waals surface area contributed by atoms with E-state index in [9.17, 15) is 8.42 Å². The van der Waals surface area contributed by atoms with Crippen molar-refractivity contribution in [1.29, 1.82) is 0 Å². The molecule has 0 amide bonds. The Bertz CT molecular complexity index is 770. The Hall–Kier alpha value is -1.69. The summed E-state index contributed by atoms with van der Waals surface area (Å²) >= 11 is 0. The molecule has 0 N–H and O–H groups in total. The van der Waals surface area contributed by atoms with E-state index in [1.54, 1.807) is 4.31 Å². The number of benzene rings is 2. The van der Waals surface area contributed by atoms with Gasteiger partial charge < -0.3 is 0 Å². The quantitative estimate of drug-likeness (QED) is 0.748. The molecule has 1 heterocycles. The highest BCUT2D eigenvalue weighted by Gasteiger charge is 2.28. The second-order valence-corrected chi connectivity index (χ2v) is 9.02. The number of rotatable bonds is 7. The first kappa shape index (κ1) is 19.1. The van der Waals surface area contributed by atoms with Gasteiger partial charge in [0.2, 0.25) is 10.0 Å².